The standard InChI is InChI=1S/C9H12N4/c1-6(2)9-10-4-8-7(3)11-5-12-13(8)9/h4-6H,1-3H3. The number of imidazole rings is 1. The first-order chi connectivity index (χ1) is 6.20. The van der Waals surface area contributed by atoms with Crippen LogP contribution >= 0.6 is 0 Å². The topological polar surface area (TPSA) is 43.1 Å². The van der Waals surface area contributed by atoms with Gasteiger partial charge in [-0.15, -0.1) is 0 Å². The molecule has 0 aliphatic heterocycles. The molecule has 0 saturated heterocycles. The lowest BCUT2D eigenvalue weighted by atomic mass is 10.2. The molecule has 13 heavy (non-hydrogen) atoms. The minimum Gasteiger partial charge on any atom is -0.239 e. The highest BCUT2D eigenvalue weighted by molar-refractivity contribution is 5.48. The van der Waals surface area contributed by atoms with E-state index in [2.05, 4.69) is 28.9 Å². The third kappa shape index (κ3) is 1.18. The van der Waals surface area contributed by atoms with E-state index in [0.29, 0.717) is 5.92 Å². The Balaban J connectivity index is 2.75. The highest BCUT2D eigenvalue weighted by Gasteiger charge is 2.09. The van der Waals surface area contributed by atoms with E-state index in [1.807, 2.05) is 17.6 Å². The van der Waals surface area contributed by atoms with Crippen LogP contribution in [0.1, 0.15) is 31.3 Å². The first-order valence-electron chi connectivity index (χ1n) is 4.35. The van der Waals surface area contributed by atoms with E-state index in [-0.39, 0.29) is 0 Å². The van der Waals surface area contributed by atoms with Gasteiger partial charge in [0.25, 0.3) is 0 Å². The molecule has 0 unspecified atom stereocenters. The van der Waals surface area contributed by atoms with Crippen molar-refractivity contribution in [3.05, 3.63) is 24.0 Å². The first kappa shape index (κ1) is 8.16. The third-order valence-electron chi connectivity index (χ3n) is 2.07. The second kappa shape index (κ2) is 2.80. The minimum atomic E-state index is 0.386. The Labute approximate surface area is 76.6 Å². The summed E-state index contributed by atoms with van der Waals surface area (Å²) in [4.78, 5) is 8.42. The molecule has 0 aromatic carbocycles. The van der Waals surface area contributed by atoms with Gasteiger partial charge in [-0.05, 0) is 6.92 Å². The Kier molecular flexibility index (Phi) is 1.76. The Bertz CT molecular complexity index is 430. The molecule has 2 aromatic rings. The predicted octanol–water partition coefficient (Wildman–Crippen LogP) is 1.56. The smallest absolute Gasteiger partial charge is 0.136 e. The zero-order chi connectivity index (χ0) is 9.42. The summed E-state index contributed by atoms with van der Waals surface area (Å²) < 4.78 is 1.85. The van der Waals surface area contributed by atoms with Crippen molar-refractivity contribution in [3.63, 3.8) is 0 Å². The van der Waals surface area contributed by atoms with Crippen molar-refractivity contribution in [3.8, 4) is 0 Å². The average molecular weight is 176 g/mol. The van der Waals surface area contributed by atoms with Gasteiger partial charge in [-0.3, -0.25) is 0 Å². The van der Waals surface area contributed by atoms with Gasteiger partial charge >= 0.3 is 0 Å². The van der Waals surface area contributed by atoms with E-state index >= 15 is 0 Å². The molecule has 2 heterocycles. The van der Waals surface area contributed by atoms with E-state index in [1.54, 1.807) is 6.33 Å². The second-order valence-corrected chi connectivity index (χ2v) is 3.41. The summed E-state index contributed by atoms with van der Waals surface area (Å²) >= 11 is 0. The molecule has 0 fully saturated rings. The van der Waals surface area contributed by atoms with Gasteiger partial charge in [-0.2, -0.15) is 5.10 Å². The minimum absolute atomic E-state index is 0.386. The molecule has 0 spiro atoms. The molecule has 0 saturated carbocycles. The fourth-order valence-electron chi connectivity index (χ4n) is 1.35. The lowest BCUT2D eigenvalue weighted by Gasteiger charge is -2.02. The van der Waals surface area contributed by atoms with Crippen LogP contribution in [0.5, 0.6) is 0 Å². The third-order valence-corrected chi connectivity index (χ3v) is 2.07. The van der Waals surface area contributed by atoms with Crippen LogP contribution in [0.15, 0.2) is 12.5 Å². The van der Waals surface area contributed by atoms with E-state index in [0.717, 1.165) is 17.0 Å². The Hall–Kier alpha value is -1.45. The molecule has 0 aliphatic carbocycles. The van der Waals surface area contributed by atoms with Crippen LogP contribution in [0.3, 0.4) is 0 Å². The van der Waals surface area contributed by atoms with Crippen LogP contribution in [0.2, 0.25) is 0 Å². The highest BCUT2D eigenvalue weighted by Crippen LogP contribution is 2.14. The molecule has 0 atom stereocenters. The number of aryl methyl sites for hydroxylation is 1. The van der Waals surface area contributed by atoms with Gasteiger partial charge in [-0.25, -0.2) is 14.5 Å². The molecule has 0 amide bonds. The van der Waals surface area contributed by atoms with E-state index in [4.69, 9.17) is 0 Å². The van der Waals surface area contributed by atoms with Crippen molar-refractivity contribution in [1.82, 2.24) is 19.6 Å². The Morgan fingerprint density at radius 3 is 2.77 bits per heavy atom. The van der Waals surface area contributed by atoms with Crippen molar-refractivity contribution in [1.29, 1.82) is 0 Å². The summed E-state index contributed by atoms with van der Waals surface area (Å²) in [6, 6.07) is 0. The van der Waals surface area contributed by atoms with Crippen molar-refractivity contribution in [2.24, 2.45) is 0 Å². The summed E-state index contributed by atoms with van der Waals surface area (Å²) in [6.45, 7) is 6.17. The second-order valence-electron chi connectivity index (χ2n) is 3.41. The van der Waals surface area contributed by atoms with Gasteiger partial charge in [0.15, 0.2) is 0 Å². The maximum absolute atomic E-state index is 4.32. The van der Waals surface area contributed by atoms with Gasteiger partial charge in [0, 0.05) is 5.92 Å². The van der Waals surface area contributed by atoms with Crippen molar-refractivity contribution in [2.75, 3.05) is 0 Å². The van der Waals surface area contributed by atoms with Crippen LogP contribution in [0.25, 0.3) is 5.52 Å². The molecule has 68 valence electrons. The number of hydrogen-bond donors (Lipinski definition) is 0. The van der Waals surface area contributed by atoms with Crippen LogP contribution in [0, 0.1) is 6.92 Å². The Morgan fingerprint density at radius 1 is 1.31 bits per heavy atom. The van der Waals surface area contributed by atoms with Crippen molar-refractivity contribution in [2.45, 2.75) is 26.7 Å². The lowest BCUT2D eigenvalue weighted by Crippen LogP contribution is -2.02. The highest BCUT2D eigenvalue weighted by atomic mass is 15.3. The lowest BCUT2D eigenvalue weighted by molar-refractivity contribution is 0.718. The zero-order valence-electron chi connectivity index (χ0n) is 8.02. The van der Waals surface area contributed by atoms with Gasteiger partial charge in [0.1, 0.15) is 17.7 Å². The molecule has 0 N–H and O–H groups in total. The summed E-state index contributed by atoms with van der Waals surface area (Å²) in [5, 5.41) is 4.17. The average Bonchev–Trinajstić information content (AvgIpc) is 2.48. The molecule has 2 aromatic heterocycles. The Morgan fingerprint density at radius 2 is 2.08 bits per heavy atom. The summed E-state index contributed by atoms with van der Waals surface area (Å²) in [6.07, 6.45) is 3.39. The number of hydrogen-bond acceptors (Lipinski definition) is 3. The summed E-state index contributed by atoms with van der Waals surface area (Å²) in [5.74, 6) is 1.37. The van der Waals surface area contributed by atoms with Gasteiger partial charge in [0.05, 0.1) is 11.9 Å². The number of rotatable bonds is 1. The molecule has 0 bridgehead atoms. The molecule has 0 aliphatic rings. The van der Waals surface area contributed by atoms with Gasteiger partial charge in [-0.1, -0.05) is 13.8 Å². The number of fused-ring (bicyclic) bond motifs is 1. The van der Waals surface area contributed by atoms with Crippen molar-refractivity contribution < 1.29 is 0 Å². The fourth-order valence-corrected chi connectivity index (χ4v) is 1.35. The fraction of sp³-hybridized carbons (Fsp3) is 0.444. The van der Waals surface area contributed by atoms with E-state index < -0.39 is 0 Å². The zero-order valence-corrected chi connectivity index (χ0v) is 8.02. The monoisotopic (exact) mass is 176 g/mol. The van der Waals surface area contributed by atoms with Crippen LogP contribution in [-0.4, -0.2) is 19.6 Å². The number of nitrogens with zero attached hydrogens (tertiary/aromatic N) is 4. The molecular weight excluding hydrogens is 164 g/mol. The summed E-state index contributed by atoms with van der Waals surface area (Å²) in [7, 11) is 0. The maximum Gasteiger partial charge on any atom is 0.136 e. The van der Waals surface area contributed by atoms with E-state index in [1.165, 1.54) is 0 Å². The van der Waals surface area contributed by atoms with Crippen LogP contribution in [-0.2, 0) is 0 Å². The van der Waals surface area contributed by atoms with Crippen molar-refractivity contribution >= 4 is 5.52 Å². The summed E-state index contributed by atoms with van der Waals surface area (Å²) in [5.41, 5.74) is 1.96. The molecule has 2 rings (SSSR count). The number of aromatic nitrogens is 4. The SMILES string of the molecule is Cc1ncnn2c(C(C)C)ncc12. The van der Waals surface area contributed by atoms with Crippen LogP contribution < -0.4 is 0 Å². The molecule has 4 heteroatoms. The normalized spacial score (nSPS) is 11.4. The molecular formula is C9H12N4. The van der Waals surface area contributed by atoms with E-state index in [9.17, 15) is 0 Å². The maximum atomic E-state index is 4.32. The molecule has 4 nitrogen and oxygen atoms in total. The predicted molar refractivity (Wildman–Crippen MR) is 49.6 cm³/mol. The van der Waals surface area contributed by atoms with Gasteiger partial charge in [0.2, 0.25) is 0 Å². The quantitative estimate of drug-likeness (QED) is 0.662. The van der Waals surface area contributed by atoms with Crippen LogP contribution in [0.4, 0.5) is 0 Å². The van der Waals surface area contributed by atoms with Gasteiger partial charge < -0.3 is 0 Å². The molecule has 0 radical (unpaired) electrons. The largest absolute Gasteiger partial charge is 0.239 e. The first-order valence-corrected chi connectivity index (χ1v) is 4.35.